The van der Waals surface area contributed by atoms with E-state index in [1.165, 1.54) is 0 Å². The summed E-state index contributed by atoms with van der Waals surface area (Å²) in [6.07, 6.45) is -13.1. The number of carbonyl (C=O) groups is 1. The Hall–Kier alpha value is -2.02. The van der Waals surface area contributed by atoms with Gasteiger partial charge in [-0.2, -0.15) is 4.39 Å². The summed E-state index contributed by atoms with van der Waals surface area (Å²) in [6, 6.07) is 1.57. The van der Waals surface area contributed by atoms with Crippen LogP contribution < -0.4 is 4.74 Å². The molecule has 0 spiro atoms. The molecule has 0 amide bonds. The minimum absolute atomic E-state index is 0.646. The van der Waals surface area contributed by atoms with Crippen LogP contribution in [0.2, 0.25) is 0 Å². The molecule has 0 bridgehead atoms. The smallest absolute Gasteiger partial charge is 0.341 e. The van der Waals surface area contributed by atoms with Gasteiger partial charge in [-0.05, 0) is 12.1 Å². The summed E-state index contributed by atoms with van der Waals surface area (Å²) in [6.45, 7) is -1.25. The second kappa shape index (κ2) is 9.26. The molecule has 2 unspecified atom stereocenters. The van der Waals surface area contributed by atoms with Gasteiger partial charge in [-0.3, -0.25) is 0 Å². The van der Waals surface area contributed by atoms with Crippen LogP contribution in [0.1, 0.15) is 15.9 Å². The van der Waals surface area contributed by atoms with Crippen molar-refractivity contribution in [3.8, 4) is 5.75 Å². The first-order valence-corrected chi connectivity index (χ1v) is 8.86. The van der Waals surface area contributed by atoms with Crippen LogP contribution in [-0.2, 0) is 25.9 Å². The highest BCUT2D eigenvalue weighted by atomic mass is 32.2. The van der Waals surface area contributed by atoms with Gasteiger partial charge in [-0.25, -0.2) is 35.2 Å². The fourth-order valence-electron chi connectivity index (χ4n) is 1.90. The van der Waals surface area contributed by atoms with Crippen molar-refractivity contribution in [1.29, 1.82) is 0 Å². The van der Waals surface area contributed by atoms with Crippen molar-refractivity contribution in [2.24, 2.45) is 0 Å². The number of methoxy groups -OCH3 is 1. The van der Waals surface area contributed by atoms with Gasteiger partial charge >= 0.3 is 12.4 Å². The normalized spacial score (nSPS) is 14.3. The lowest BCUT2D eigenvalue weighted by molar-refractivity contribution is -0.136. The molecule has 0 saturated heterocycles. The molecule has 0 N–H and O–H groups in total. The number of halogens is 6. The molecule has 13 heteroatoms. The molecular formula is C14H14F6O6S. The van der Waals surface area contributed by atoms with Gasteiger partial charge in [0.1, 0.15) is 11.3 Å². The Labute approximate surface area is 149 Å². The number of esters is 1. The number of carbonyl (C=O) groups excluding carboxylic acids is 1. The highest BCUT2D eigenvalue weighted by Gasteiger charge is 2.31. The van der Waals surface area contributed by atoms with Crippen molar-refractivity contribution in [3.63, 3.8) is 0 Å². The molecule has 6 nitrogen and oxygen atoms in total. The van der Waals surface area contributed by atoms with E-state index in [1.807, 2.05) is 0 Å². The quantitative estimate of drug-likeness (QED) is 0.448. The summed E-state index contributed by atoms with van der Waals surface area (Å²) in [5.41, 5.74) is -1.49. The second-order valence-corrected chi connectivity index (χ2v) is 6.97. The van der Waals surface area contributed by atoms with Crippen molar-refractivity contribution in [2.45, 2.75) is 37.1 Å². The summed E-state index contributed by atoms with van der Waals surface area (Å²) in [7, 11) is -3.29. The highest BCUT2D eigenvalue weighted by molar-refractivity contribution is 7.90. The number of ether oxygens (including phenoxy) is 3. The van der Waals surface area contributed by atoms with Crippen molar-refractivity contribution in [3.05, 3.63) is 23.3 Å². The van der Waals surface area contributed by atoms with E-state index in [1.54, 1.807) is 0 Å². The van der Waals surface area contributed by atoms with Gasteiger partial charge in [-0.15, -0.1) is 0 Å². The maximum absolute atomic E-state index is 13.4. The third-order valence-electron chi connectivity index (χ3n) is 3.04. The minimum Gasteiger partial charge on any atom is -0.465 e. The summed E-state index contributed by atoms with van der Waals surface area (Å²) in [4.78, 5) is 11.0. The molecule has 0 aliphatic carbocycles. The van der Waals surface area contributed by atoms with Gasteiger partial charge in [0.15, 0.2) is 9.84 Å². The largest absolute Gasteiger partial charge is 0.465 e. The molecule has 0 radical (unpaired) electrons. The predicted molar refractivity (Wildman–Crippen MR) is 78.1 cm³/mol. The summed E-state index contributed by atoms with van der Waals surface area (Å²) < 4.78 is 112. The number of alkyl halides is 6. The van der Waals surface area contributed by atoms with E-state index in [9.17, 15) is 39.6 Å². The maximum Gasteiger partial charge on any atom is 0.341 e. The van der Waals surface area contributed by atoms with Crippen LogP contribution in [0, 0.1) is 0 Å². The first kappa shape index (κ1) is 23.0. The van der Waals surface area contributed by atoms with Crippen LogP contribution in [0.4, 0.5) is 26.3 Å². The molecule has 0 heterocycles. The standard InChI is InChI=1S/C14H14F6O6S/c1-24-14(21)6-3-4-8(27(2,22)23)7(5-25-12(19)10(15)16)9(6)26-13(20)11(17)18/h3-4,10-13H,5H2,1-2H3. The fourth-order valence-corrected chi connectivity index (χ4v) is 2.81. The minimum atomic E-state index is -4.16. The second-order valence-electron chi connectivity index (χ2n) is 4.98. The molecule has 2 atom stereocenters. The van der Waals surface area contributed by atoms with E-state index < -0.39 is 69.8 Å². The first-order chi connectivity index (χ1) is 12.4. The number of hydrogen-bond donors (Lipinski definition) is 0. The van der Waals surface area contributed by atoms with Gasteiger partial charge in [0.2, 0.25) is 0 Å². The molecule has 27 heavy (non-hydrogen) atoms. The van der Waals surface area contributed by atoms with Gasteiger partial charge in [0.25, 0.3) is 19.1 Å². The van der Waals surface area contributed by atoms with Crippen LogP contribution in [-0.4, -0.2) is 53.3 Å². The van der Waals surface area contributed by atoms with Gasteiger partial charge in [-0.1, -0.05) is 0 Å². The molecular weight excluding hydrogens is 410 g/mol. The predicted octanol–water partition coefficient (Wildman–Crippen LogP) is 2.89. The lowest BCUT2D eigenvalue weighted by Crippen LogP contribution is -2.24. The Bertz CT molecular complexity index is 770. The third-order valence-corrected chi connectivity index (χ3v) is 4.22. The van der Waals surface area contributed by atoms with E-state index in [-0.39, 0.29) is 0 Å². The molecule has 1 rings (SSSR count). The van der Waals surface area contributed by atoms with Crippen LogP contribution in [0.15, 0.2) is 17.0 Å². The Morgan fingerprint density at radius 2 is 1.59 bits per heavy atom. The van der Waals surface area contributed by atoms with Crippen molar-refractivity contribution in [2.75, 3.05) is 13.4 Å². The number of rotatable bonds is 9. The lowest BCUT2D eigenvalue weighted by atomic mass is 10.1. The summed E-state index contributed by atoms with van der Waals surface area (Å²) in [5, 5.41) is 0. The van der Waals surface area contributed by atoms with E-state index in [2.05, 4.69) is 14.2 Å². The zero-order valence-corrected chi connectivity index (χ0v) is 14.6. The van der Waals surface area contributed by atoms with E-state index in [4.69, 9.17) is 0 Å². The lowest BCUT2D eigenvalue weighted by Gasteiger charge is -2.20. The average Bonchev–Trinajstić information content (AvgIpc) is 2.57. The van der Waals surface area contributed by atoms with E-state index >= 15 is 0 Å². The van der Waals surface area contributed by atoms with Gasteiger partial charge < -0.3 is 14.2 Å². The average molecular weight is 424 g/mol. The van der Waals surface area contributed by atoms with E-state index in [0.29, 0.717) is 6.26 Å². The number of hydrogen-bond acceptors (Lipinski definition) is 6. The van der Waals surface area contributed by atoms with Gasteiger partial charge in [0.05, 0.1) is 18.6 Å². The summed E-state index contributed by atoms with van der Waals surface area (Å²) in [5.74, 6) is -2.29. The first-order valence-electron chi connectivity index (χ1n) is 6.97. The van der Waals surface area contributed by atoms with Crippen molar-refractivity contribution < 1.29 is 53.8 Å². The molecule has 0 fully saturated rings. The van der Waals surface area contributed by atoms with Crippen LogP contribution >= 0.6 is 0 Å². The molecule has 154 valence electrons. The molecule has 0 aliphatic rings. The molecule has 0 saturated carbocycles. The fraction of sp³-hybridized carbons (Fsp3) is 0.500. The van der Waals surface area contributed by atoms with E-state index in [0.717, 1.165) is 19.2 Å². The third kappa shape index (κ3) is 5.99. The molecule has 0 aromatic heterocycles. The Morgan fingerprint density at radius 3 is 2.04 bits per heavy atom. The maximum atomic E-state index is 13.4. The van der Waals surface area contributed by atoms with Crippen molar-refractivity contribution in [1.82, 2.24) is 0 Å². The summed E-state index contributed by atoms with van der Waals surface area (Å²) >= 11 is 0. The monoisotopic (exact) mass is 424 g/mol. The zero-order valence-electron chi connectivity index (χ0n) is 13.8. The topological polar surface area (TPSA) is 78.9 Å². The van der Waals surface area contributed by atoms with Gasteiger partial charge in [0, 0.05) is 11.8 Å². The highest BCUT2D eigenvalue weighted by Crippen LogP contribution is 2.34. The number of benzene rings is 1. The zero-order chi connectivity index (χ0) is 20.9. The Morgan fingerprint density at radius 1 is 1.04 bits per heavy atom. The SMILES string of the molecule is COC(=O)c1ccc(S(C)(=O)=O)c(COC(F)C(F)F)c1OC(F)C(F)F. The Balaban J connectivity index is 3.59. The van der Waals surface area contributed by atoms with Crippen molar-refractivity contribution >= 4 is 15.8 Å². The van der Waals surface area contributed by atoms with Crippen LogP contribution in [0.5, 0.6) is 5.75 Å². The van der Waals surface area contributed by atoms with Crippen LogP contribution in [0.3, 0.4) is 0 Å². The molecule has 1 aromatic carbocycles. The molecule has 0 aliphatic heterocycles. The molecule has 1 aromatic rings. The Kier molecular flexibility index (Phi) is 7.90. The number of sulfone groups is 1. The van der Waals surface area contributed by atoms with Crippen LogP contribution in [0.25, 0.3) is 0 Å².